The quantitative estimate of drug-likeness (QED) is 0.904. The topological polar surface area (TPSA) is 48.5 Å². The second kappa shape index (κ2) is 7.10. The van der Waals surface area contributed by atoms with E-state index in [2.05, 4.69) is 27.0 Å². The van der Waals surface area contributed by atoms with Gasteiger partial charge in [0, 0.05) is 62.3 Å². The maximum atomic E-state index is 12.6. The third-order valence-corrected chi connectivity index (χ3v) is 6.71. The molecule has 3 aliphatic heterocycles. The minimum Gasteiger partial charge on any atom is -0.340 e. The lowest BCUT2D eigenvalue weighted by molar-refractivity contribution is -0.134. The summed E-state index contributed by atoms with van der Waals surface area (Å²) in [6.07, 6.45) is 7.78. The van der Waals surface area contributed by atoms with Crippen LogP contribution in [0.15, 0.2) is 6.20 Å². The second-order valence-electron chi connectivity index (χ2n) is 7.68. The van der Waals surface area contributed by atoms with E-state index in [0.29, 0.717) is 23.9 Å². The first kappa shape index (κ1) is 16.5. The second-order valence-corrected chi connectivity index (χ2v) is 9.00. The van der Waals surface area contributed by atoms with Crippen molar-refractivity contribution in [2.24, 2.45) is 5.92 Å². The van der Waals surface area contributed by atoms with Gasteiger partial charge in [-0.2, -0.15) is 0 Å². The molecule has 1 aromatic heterocycles. The van der Waals surface area contributed by atoms with Crippen molar-refractivity contribution in [3.8, 4) is 0 Å². The molecule has 4 rings (SSSR count). The van der Waals surface area contributed by atoms with Crippen LogP contribution >= 0.6 is 11.3 Å². The molecule has 0 radical (unpaired) electrons. The number of piperidine rings is 1. The predicted molar refractivity (Wildman–Crippen MR) is 96.0 cm³/mol. The van der Waals surface area contributed by atoms with Crippen LogP contribution < -0.4 is 5.32 Å². The number of nitrogens with zero attached hydrogens (tertiary/aromatic N) is 3. The van der Waals surface area contributed by atoms with Crippen LogP contribution in [0.3, 0.4) is 0 Å². The highest BCUT2D eigenvalue weighted by Crippen LogP contribution is 2.33. The molecule has 3 fully saturated rings. The zero-order valence-corrected chi connectivity index (χ0v) is 15.4. The first-order valence-electron chi connectivity index (χ1n) is 9.33. The molecular weight excluding hydrogens is 320 g/mol. The Kier molecular flexibility index (Phi) is 4.88. The Morgan fingerprint density at radius 1 is 1.25 bits per heavy atom. The molecule has 24 heavy (non-hydrogen) atoms. The van der Waals surface area contributed by atoms with Crippen LogP contribution in [0.4, 0.5) is 0 Å². The monoisotopic (exact) mass is 348 g/mol. The number of amides is 1. The van der Waals surface area contributed by atoms with Crippen molar-refractivity contribution in [3.63, 3.8) is 0 Å². The summed E-state index contributed by atoms with van der Waals surface area (Å²) < 4.78 is 0. The molecule has 1 N–H and O–H groups in total. The van der Waals surface area contributed by atoms with Gasteiger partial charge >= 0.3 is 0 Å². The van der Waals surface area contributed by atoms with Crippen molar-refractivity contribution in [1.82, 2.24) is 20.1 Å². The number of hydrogen-bond acceptors (Lipinski definition) is 5. The van der Waals surface area contributed by atoms with Gasteiger partial charge in [-0.1, -0.05) is 0 Å². The number of carbonyl (C=O) groups excluding carboxylic acids is 1. The SMILES string of the molecule is Cc1ncc(CN2CCN(C(=O)CC3C[C@H]4CC[C@@H](C3)N4)CC2)s1. The molecule has 0 aromatic carbocycles. The Labute approximate surface area is 148 Å². The lowest BCUT2D eigenvalue weighted by Crippen LogP contribution is -2.49. The van der Waals surface area contributed by atoms with Crippen molar-refractivity contribution >= 4 is 17.2 Å². The highest BCUT2D eigenvalue weighted by atomic mass is 32.1. The lowest BCUT2D eigenvalue weighted by Gasteiger charge is -2.36. The summed E-state index contributed by atoms with van der Waals surface area (Å²) in [6.45, 7) is 6.77. The van der Waals surface area contributed by atoms with Crippen molar-refractivity contribution in [3.05, 3.63) is 16.1 Å². The zero-order valence-electron chi connectivity index (χ0n) is 14.5. The molecule has 6 heteroatoms. The lowest BCUT2D eigenvalue weighted by atomic mass is 9.89. The molecule has 1 unspecified atom stereocenters. The van der Waals surface area contributed by atoms with Crippen molar-refractivity contribution in [2.45, 2.75) is 57.7 Å². The molecule has 0 aliphatic carbocycles. The molecule has 4 heterocycles. The summed E-state index contributed by atoms with van der Waals surface area (Å²) in [6, 6.07) is 1.36. The van der Waals surface area contributed by atoms with Gasteiger partial charge in [0.25, 0.3) is 0 Å². The standard InChI is InChI=1S/C18H28N4OS/c1-13-19-11-17(24-13)12-21-4-6-22(7-5-21)18(23)10-14-8-15-2-3-16(9-14)20-15/h11,14-16,20H,2-10,12H2,1H3/t14?,15-,16+. The summed E-state index contributed by atoms with van der Waals surface area (Å²) in [5.74, 6) is 0.990. The van der Waals surface area contributed by atoms with Crippen LogP contribution in [0.1, 0.15) is 42.0 Å². The van der Waals surface area contributed by atoms with E-state index in [1.165, 1.54) is 30.6 Å². The largest absolute Gasteiger partial charge is 0.340 e. The molecule has 3 atom stereocenters. The van der Waals surface area contributed by atoms with E-state index in [9.17, 15) is 4.79 Å². The number of hydrogen-bond donors (Lipinski definition) is 1. The fourth-order valence-electron chi connectivity index (χ4n) is 4.57. The van der Waals surface area contributed by atoms with Gasteiger partial charge in [0.2, 0.25) is 5.91 Å². The first-order chi connectivity index (χ1) is 11.7. The smallest absolute Gasteiger partial charge is 0.222 e. The number of nitrogens with one attached hydrogen (secondary N) is 1. The molecule has 5 nitrogen and oxygen atoms in total. The van der Waals surface area contributed by atoms with Crippen molar-refractivity contribution < 1.29 is 4.79 Å². The van der Waals surface area contributed by atoms with Gasteiger partial charge in [-0.3, -0.25) is 9.69 Å². The molecule has 3 aliphatic rings. The van der Waals surface area contributed by atoms with Gasteiger partial charge in [0.1, 0.15) is 0 Å². The van der Waals surface area contributed by atoms with E-state index < -0.39 is 0 Å². The number of piperazine rings is 1. The maximum Gasteiger partial charge on any atom is 0.222 e. The Hall–Kier alpha value is -0.980. The average Bonchev–Trinajstić information content (AvgIpc) is 3.13. The third-order valence-electron chi connectivity index (χ3n) is 5.81. The van der Waals surface area contributed by atoms with Gasteiger partial charge in [0.05, 0.1) is 5.01 Å². The van der Waals surface area contributed by atoms with E-state index in [-0.39, 0.29) is 0 Å². The van der Waals surface area contributed by atoms with Crippen LogP contribution in [0.2, 0.25) is 0 Å². The fraction of sp³-hybridized carbons (Fsp3) is 0.778. The Morgan fingerprint density at radius 3 is 2.58 bits per heavy atom. The minimum atomic E-state index is 0.384. The molecular formula is C18H28N4OS. The third kappa shape index (κ3) is 3.81. The number of carbonyl (C=O) groups is 1. The molecule has 1 amide bonds. The van der Waals surface area contributed by atoms with Gasteiger partial charge in [-0.05, 0) is 38.5 Å². The number of aryl methyl sites for hydroxylation is 1. The van der Waals surface area contributed by atoms with Gasteiger partial charge < -0.3 is 10.2 Å². The summed E-state index contributed by atoms with van der Waals surface area (Å²) in [4.78, 5) is 22.8. The number of aromatic nitrogens is 1. The van der Waals surface area contributed by atoms with Gasteiger partial charge in [0.15, 0.2) is 0 Å². The number of fused-ring (bicyclic) bond motifs is 2. The van der Waals surface area contributed by atoms with Gasteiger partial charge in [-0.25, -0.2) is 4.98 Å². The van der Waals surface area contributed by atoms with E-state index in [4.69, 9.17) is 0 Å². The van der Waals surface area contributed by atoms with Gasteiger partial charge in [-0.15, -0.1) is 11.3 Å². The molecule has 0 spiro atoms. The predicted octanol–water partition coefficient (Wildman–Crippen LogP) is 2.02. The fourth-order valence-corrected chi connectivity index (χ4v) is 5.41. The Balaban J connectivity index is 1.22. The maximum absolute atomic E-state index is 12.6. The molecule has 0 saturated carbocycles. The summed E-state index contributed by atoms with van der Waals surface area (Å²) in [5.41, 5.74) is 0. The molecule has 1 aromatic rings. The van der Waals surface area contributed by atoms with Crippen molar-refractivity contribution in [1.29, 1.82) is 0 Å². The minimum absolute atomic E-state index is 0.384. The normalized spacial score (nSPS) is 30.7. The van der Waals surface area contributed by atoms with Crippen molar-refractivity contribution in [2.75, 3.05) is 26.2 Å². The summed E-state index contributed by atoms with van der Waals surface area (Å²) in [7, 11) is 0. The Morgan fingerprint density at radius 2 is 1.96 bits per heavy atom. The first-order valence-corrected chi connectivity index (χ1v) is 10.1. The van der Waals surface area contributed by atoms with Crippen LogP contribution in [0, 0.1) is 12.8 Å². The number of thiazole rings is 1. The van der Waals surface area contributed by atoms with E-state index in [0.717, 1.165) is 44.2 Å². The Bertz CT molecular complexity index is 569. The zero-order chi connectivity index (χ0) is 16.5. The average molecular weight is 349 g/mol. The summed E-state index contributed by atoms with van der Waals surface area (Å²) >= 11 is 1.78. The molecule has 132 valence electrons. The van der Waals surface area contributed by atoms with Crippen LogP contribution in [-0.2, 0) is 11.3 Å². The van der Waals surface area contributed by atoms with Crippen LogP contribution in [0.5, 0.6) is 0 Å². The molecule has 3 saturated heterocycles. The highest BCUT2D eigenvalue weighted by molar-refractivity contribution is 7.11. The van der Waals surface area contributed by atoms with Crippen LogP contribution in [0.25, 0.3) is 0 Å². The summed E-state index contributed by atoms with van der Waals surface area (Å²) in [5, 5.41) is 4.80. The van der Waals surface area contributed by atoms with Crippen LogP contribution in [-0.4, -0.2) is 59.0 Å². The van der Waals surface area contributed by atoms with E-state index >= 15 is 0 Å². The number of rotatable bonds is 4. The highest BCUT2D eigenvalue weighted by Gasteiger charge is 2.35. The van der Waals surface area contributed by atoms with E-state index in [1.807, 2.05) is 6.20 Å². The molecule has 2 bridgehead atoms. The van der Waals surface area contributed by atoms with E-state index in [1.54, 1.807) is 11.3 Å².